The lowest BCUT2D eigenvalue weighted by atomic mass is 10.0. The van der Waals surface area contributed by atoms with Crippen LogP contribution in [-0.2, 0) is 16.0 Å². The number of nitrogens with zero attached hydrogens (tertiary/aromatic N) is 1. The molecule has 1 aromatic rings. The molecule has 0 spiro atoms. The second kappa shape index (κ2) is 6.91. The van der Waals surface area contributed by atoms with Crippen LogP contribution in [0.15, 0.2) is 24.3 Å². The van der Waals surface area contributed by atoms with E-state index in [9.17, 15) is 9.59 Å². The summed E-state index contributed by atoms with van der Waals surface area (Å²) in [4.78, 5) is 27.0. The smallest absolute Gasteiger partial charge is 0.238 e. The van der Waals surface area contributed by atoms with Crippen molar-refractivity contribution in [3.63, 3.8) is 0 Å². The summed E-state index contributed by atoms with van der Waals surface area (Å²) in [5.74, 6) is -0.0624. The third-order valence-corrected chi connectivity index (χ3v) is 5.06. The highest BCUT2D eigenvalue weighted by Crippen LogP contribution is 2.47. The van der Waals surface area contributed by atoms with Crippen LogP contribution in [0.4, 0.5) is 0 Å². The standard InChI is InChI=1S/C18H23ClN2O2/c19-15-6-4-5-14(13-15)7-10-20-16(22)18(8-9-18)17(23)21-11-2-1-3-12-21/h4-6,13H,1-3,7-12H2,(H,20,22). The Hall–Kier alpha value is -1.55. The van der Waals surface area contributed by atoms with Crippen LogP contribution in [0.3, 0.4) is 0 Å². The predicted molar refractivity (Wildman–Crippen MR) is 90.3 cm³/mol. The van der Waals surface area contributed by atoms with E-state index in [0.717, 1.165) is 37.9 Å². The lowest BCUT2D eigenvalue weighted by molar-refractivity contribution is -0.144. The molecule has 124 valence electrons. The number of rotatable bonds is 5. The van der Waals surface area contributed by atoms with Crippen LogP contribution in [-0.4, -0.2) is 36.3 Å². The van der Waals surface area contributed by atoms with Crippen molar-refractivity contribution in [2.24, 2.45) is 5.41 Å². The van der Waals surface area contributed by atoms with Crippen LogP contribution in [0.1, 0.15) is 37.7 Å². The van der Waals surface area contributed by atoms with Crippen LogP contribution in [0, 0.1) is 5.41 Å². The van der Waals surface area contributed by atoms with Crippen molar-refractivity contribution in [3.05, 3.63) is 34.9 Å². The van der Waals surface area contributed by atoms with E-state index in [0.29, 0.717) is 24.4 Å². The molecular weight excluding hydrogens is 312 g/mol. The van der Waals surface area contributed by atoms with Gasteiger partial charge in [-0.15, -0.1) is 0 Å². The number of piperidine rings is 1. The monoisotopic (exact) mass is 334 g/mol. The number of nitrogens with one attached hydrogen (secondary N) is 1. The Kier molecular flexibility index (Phi) is 4.90. The van der Waals surface area contributed by atoms with Gasteiger partial charge in [0.2, 0.25) is 11.8 Å². The maximum absolute atomic E-state index is 12.6. The van der Waals surface area contributed by atoms with Crippen LogP contribution in [0.25, 0.3) is 0 Å². The first kappa shape index (κ1) is 16.3. The fourth-order valence-electron chi connectivity index (χ4n) is 3.24. The van der Waals surface area contributed by atoms with E-state index < -0.39 is 5.41 Å². The van der Waals surface area contributed by atoms with Gasteiger partial charge in [-0.2, -0.15) is 0 Å². The Morgan fingerprint density at radius 1 is 1.17 bits per heavy atom. The average Bonchev–Trinajstić information content (AvgIpc) is 3.37. The summed E-state index contributed by atoms with van der Waals surface area (Å²) < 4.78 is 0. The molecule has 0 radical (unpaired) electrons. The molecule has 2 aliphatic rings. The van der Waals surface area contributed by atoms with Gasteiger partial charge in [0, 0.05) is 24.7 Å². The molecular formula is C18H23ClN2O2. The van der Waals surface area contributed by atoms with Crippen LogP contribution in [0.5, 0.6) is 0 Å². The van der Waals surface area contributed by atoms with Gasteiger partial charge in [0.1, 0.15) is 5.41 Å². The number of benzene rings is 1. The largest absolute Gasteiger partial charge is 0.355 e. The number of carbonyl (C=O) groups excluding carboxylic acids is 2. The van der Waals surface area contributed by atoms with Crippen molar-refractivity contribution in [1.82, 2.24) is 10.2 Å². The first-order valence-electron chi connectivity index (χ1n) is 8.44. The van der Waals surface area contributed by atoms with E-state index in [1.807, 2.05) is 29.2 Å². The van der Waals surface area contributed by atoms with Crippen molar-refractivity contribution < 1.29 is 9.59 Å². The summed E-state index contributed by atoms with van der Waals surface area (Å²) in [5, 5.41) is 3.65. The molecule has 0 unspecified atom stereocenters. The molecule has 5 heteroatoms. The zero-order valence-corrected chi connectivity index (χ0v) is 14.1. The fourth-order valence-corrected chi connectivity index (χ4v) is 3.46. The lowest BCUT2D eigenvalue weighted by Gasteiger charge is -2.30. The van der Waals surface area contributed by atoms with Gasteiger partial charge in [0.25, 0.3) is 0 Å². The van der Waals surface area contributed by atoms with Gasteiger partial charge in [-0.1, -0.05) is 23.7 Å². The van der Waals surface area contributed by atoms with Crippen molar-refractivity contribution in [2.75, 3.05) is 19.6 Å². The quantitative estimate of drug-likeness (QED) is 0.842. The molecule has 1 N–H and O–H groups in total. The highest BCUT2D eigenvalue weighted by Gasteiger charge is 2.57. The molecule has 1 heterocycles. The molecule has 23 heavy (non-hydrogen) atoms. The SMILES string of the molecule is O=C(NCCc1cccc(Cl)c1)C1(C(=O)N2CCCCC2)CC1. The first-order valence-corrected chi connectivity index (χ1v) is 8.82. The zero-order valence-electron chi connectivity index (χ0n) is 13.3. The maximum atomic E-state index is 12.6. The molecule has 3 rings (SSSR count). The van der Waals surface area contributed by atoms with Crippen LogP contribution in [0.2, 0.25) is 5.02 Å². The Bertz CT molecular complexity index is 592. The summed E-state index contributed by atoms with van der Waals surface area (Å²) in [7, 11) is 0. The third-order valence-electron chi connectivity index (χ3n) is 4.83. The molecule has 2 amide bonds. The summed E-state index contributed by atoms with van der Waals surface area (Å²) in [6.07, 6.45) is 5.38. The van der Waals surface area contributed by atoms with Gasteiger partial charge in [-0.05, 0) is 56.2 Å². The lowest BCUT2D eigenvalue weighted by Crippen LogP contribution is -2.47. The Labute approximate surface area is 142 Å². The Morgan fingerprint density at radius 2 is 1.91 bits per heavy atom. The molecule has 0 bridgehead atoms. The van der Waals surface area contributed by atoms with Gasteiger partial charge in [-0.25, -0.2) is 0 Å². The maximum Gasteiger partial charge on any atom is 0.238 e. The summed E-state index contributed by atoms with van der Waals surface area (Å²) in [6, 6.07) is 7.63. The van der Waals surface area contributed by atoms with E-state index in [4.69, 9.17) is 11.6 Å². The third kappa shape index (κ3) is 3.69. The number of amides is 2. The van der Waals surface area contributed by atoms with E-state index >= 15 is 0 Å². The number of likely N-dealkylation sites (tertiary alicyclic amines) is 1. The van der Waals surface area contributed by atoms with E-state index in [1.165, 1.54) is 6.42 Å². The molecule has 0 atom stereocenters. The van der Waals surface area contributed by atoms with Crippen LogP contribution >= 0.6 is 11.6 Å². The number of hydrogen-bond acceptors (Lipinski definition) is 2. The van der Waals surface area contributed by atoms with Gasteiger partial charge in [0.15, 0.2) is 0 Å². The summed E-state index contributed by atoms with van der Waals surface area (Å²) in [5.41, 5.74) is 0.316. The average molecular weight is 335 g/mol. The zero-order chi connectivity index (χ0) is 16.3. The van der Waals surface area contributed by atoms with Gasteiger partial charge >= 0.3 is 0 Å². The Balaban J connectivity index is 1.52. The molecule has 1 aliphatic carbocycles. The second-order valence-corrected chi connectivity index (χ2v) is 7.01. The Morgan fingerprint density at radius 3 is 2.57 bits per heavy atom. The predicted octanol–water partition coefficient (Wildman–Crippen LogP) is 2.79. The van der Waals surface area contributed by atoms with E-state index in [-0.39, 0.29) is 11.8 Å². The summed E-state index contributed by atoms with van der Waals surface area (Å²) in [6.45, 7) is 2.14. The molecule has 2 fully saturated rings. The van der Waals surface area contributed by atoms with Crippen molar-refractivity contribution >= 4 is 23.4 Å². The van der Waals surface area contributed by atoms with E-state index in [1.54, 1.807) is 0 Å². The highest BCUT2D eigenvalue weighted by atomic mass is 35.5. The topological polar surface area (TPSA) is 49.4 Å². The van der Waals surface area contributed by atoms with Crippen molar-refractivity contribution in [3.8, 4) is 0 Å². The number of carbonyl (C=O) groups is 2. The minimum atomic E-state index is -0.772. The minimum Gasteiger partial charge on any atom is -0.355 e. The van der Waals surface area contributed by atoms with Crippen LogP contribution < -0.4 is 5.32 Å². The molecule has 0 aromatic heterocycles. The molecule has 1 aliphatic heterocycles. The summed E-state index contributed by atoms with van der Waals surface area (Å²) >= 11 is 5.96. The fraction of sp³-hybridized carbons (Fsp3) is 0.556. The van der Waals surface area contributed by atoms with Crippen molar-refractivity contribution in [2.45, 2.75) is 38.5 Å². The second-order valence-electron chi connectivity index (χ2n) is 6.57. The number of hydrogen-bond donors (Lipinski definition) is 1. The van der Waals surface area contributed by atoms with E-state index in [2.05, 4.69) is 5.32 Å². The molecule has 1 aromatic carbocycles. The number of halogens is 1. The highest BCUT2D eigenvalue weighted by molar-refractivity contribution is 6.30. The van der Waals surface area contributed by atoms with Gasteiger partial charge in [-0.3, -0.25) is 9.59 Å². The normalized spacial score (nSPS) is 19.3. The van der Waals surface area contributed by atoms with Gasteiger partial charge in [0.05, 0.1) is 0 Å². The molecule has 1 saturated heterocycles. The molecule has 1 saturated carbocycles. The first-order chi connectivity index (χ1) is 11.1. The van der Waals surface area contributed by atoms with Gasteiger partial charge < -0.3 is 10.2 Å². The van der Waals surface area contributed by atoms with Crippen molar-refractivity contribution in [1.29, 1.82) is 0 Å². The minimum absolute atomic E-state index is 0.0393. The molecule has 4 nitrogen and oxygen atoms in total.